The van der Waals surface area contributed by atoms with Gasteiger partial charge in [-0.3, -0.25) is 0 Å². The van der Waals surface area contributed by atoms with Gasteiger partial charge in [-0.25, -0.2) is 4.98 Å². The molecule has 3 N–H and O–H groups in total. The average Bonchev–Trinajstić information content (AvgIpc) is 2.72. The van der Waals surface area contributed by atoms with Crippen molar-refractivity contribution < 1.29 is 0 Å². The van der Waals surface area contributed by atoms with Crippen LogP contribution in [0.3, 0.4) is 0 Å². The van der Waals surface area contributed by atoms with E-state index in [0.717, 1.165) is 30.9 Å². The van der Waals surface area contributed by atoms with Crippen LogP contribution in [-0.2, 0) is 13.5 Å². The van der Waals surface area contributed by atoms with Gasteiger partial charge < -0.3 is 15.6 Å². The van der Waals surface area contributed by atoms with Crippen molar-refractivity contribution >= 4 is 11.0 Å². The molecular weight excluding hydrogens is 236 g/mol. The number of nitrogens with one attached hydrogen (secondary N) is 1. The Kier molecular flexibility index (Phi) is 4.56. The first kappa shape index (κ1) is 14.0. The lowest BCUT2D eigenvalue weighted by Crippen LogP contribution is -2.38. The second-order valence-electron chi connectivity index (χ2n) is 5.44. The van der Waals surface area contributed by atoms with E-state index >= 15 is 0 Å². The van der Waals surface area contributed by atoms with Crippen LogP contribution >= 0.6 is 0 Å². The highest BCUT2D eigenvalue weighted by molar-refractivity contribution is 5.75. The van der Waals surface area contributed by atoms with Crippen LogP contribution in [0.1, 0.15) is 19.7 Å². The molecule has 0 amide bonds. The van der Waals surface area contributed by atoms with Crippen molar-refractivity contribution in [2.24, 2.45) is 18.7 Å². The molecule has 19 heavy (non-hydrogen) atoms. The summed E-state index contributed by atoms with van der Waals surface area (Å²) in [5.41, 5.74) is 8.26. The quantitative estimate of drug-likeness (QED) is 0.777. The van der Waals surface area contributed by atoms with Crippen LogP contribution in [0.5, 0.6) is 0 Å². The van der Waals surface area contributed by atoms with Gasteiger partial charge >= 0.3 is 0 Å². The Labute approximate surface area is 115 Å². The predicted molar refractivity (Wildman–Crippen MR) is 80.1 cm³/mol. The third kappa shape index (κ3) is 3.33. The molecule has 1 heterocycles. The number of imidazole rings is 1. The van der Waals surface area contributed by atoms with Crippen LogP contribution in [0.2, 0.25) is 0 Å². The molecule has 0 aliphatic rings. The van der Waals surface area contributed by atoms with Crippen molar-refractivity contribution in [2.45, 2.75) is 26.3 Å². The van der Waals surface area contributed by atoms with E-state index in [4.69, 9.17) is 5.73 Å². The Hall–Kier alpha value is -1.39. The fourth-order valence-electron chi connectivity index (χ4n) is 2.12. The highest BCUT2D eigenvalue weighted by Crippen LogP contribution is 2.14. The van der Waals surface area contributed by atoms with Crippen molar-refractivity contribution in [3.05, 3.63) is 30.1 Å². The second kappa shape index (κ2) is 6.17. The Morgan fingerprint density at radius 3 is 2.74 bits per heavy atom. The fourth-order valence-corrected chi connectivity index (χ4v) is 2.12. The first-order valence-electron chi connectivity index (χ1n) is 6.96. The first-order valence-corrected chi connectivity index (χ1v) is 6.96. The average molecular weight is 260 g/mol. The Morgan fingerprint density at radius 2 is 2.05 bits per heavy atom. The highest BCUT2D eigenvalue weighted by Gasteiger charge is 2.08. The van der Waals surface area contributed by atoms with E-state index in [1.807, 2.05) is 12.1 Å². The molecule has 1 atom stereocenters. The van der Waals surface area contributed by atoms with Gasteiger partial charge in [0.25, 0.3) is 0 Å². The Balaban J connectivity index is 1.90. The van der Waals surface area contributed by atoms with Crippen LogP contribution in [0, 0.1) is 5.92 Å². The summed E-state index contributed by atoms with van der Waals surface area (Å²) in [6, 6.07) is 8.46. The minimum Gasteiger partial charge on any atom is -0.331 e. The molecule has 4 nitrogen and oxygen atoms in total. The van der Waals surface area contributed by atoms with Gasteiger partial charge in [-0.1, -0.05) is 26.0 Å². The molecule has 0 spiro atoms. The molecule has 1 aromatic carbocycles. The van der Waals surface area contributed by atoms with Gasteiger partial charge in [-0.2, -0.15) is 0 Å². The molecule has 0 saturated heterocycles. The molecule has 0 aliphatic carbocycles. The lowest BCUT2D eigenvalue weighted by molar-refractivity contribution is 0.458. The minimum absolute atomic E-state index is 0.223. The summed E-state index contributed by atoms with van der Waals surface area (Å²) in [4.78, 5) is 4.66. The topological polar surface area (TPSA) is 55.9 Å². The molecule has 4 heteroatoms. The molecule has 104 valence electrons. The number of aromatic nitrogens is 2. The predicted octanol–water partition coefficient (Wildman–Crippen LogP) is 1.69. The van der Waals surface area contributed by atoms with Gasteiger partial charge in [0, 0.05) is 32.6 Å². The van der Waals surface area contributed by atoms with E-state index in [1.165, 1.54) is 5.52 Å². The maximum atomic E-state index is 6.00. The maximum absolute atomic E-state index is 6.00. The molecule has 0 bridgehead atoms. The van der Waals surface area contributed by atoms with E-state index in [9.17, 15) is 0 Å². The summed E-state index contributed by atoms with van der Waals surface area (Å²) in [6.07, 6.45) is 0.927. The van der Waals surface area contributed by atoms with E-state index < -0.39 is 0 Å². The van der Waals surface area contributed by atoms with Crippen molar-refractivity contribution in [1.82, 2.24) is 14.9 Å². The van der Waals surface area contributed by atoms with E-state index in [2.05, 4.69) is 47.9 Å². The van der Waals surface area contributed by atoms with Crippen molar-refractivity contribution in [3.8, 4) is 0 Å². The third-order valence-electron chi connectivity index (χ3n) is 3.64. The summed E-state index contributed by atoms with van der Waals surface area (Å²) in [7, 11) is 2.07. The van der Waals surface area contributed by atoms with E-state index in [0.29, 0.717) is 5.92 Å². The maximum Gasteiger partial charge on any atom is 0.110 e. The van der Waals surface area contributed by atoms with Gasteiger partial charge in [0.05, 0.1) is 11.0 Å². The first-order chi connectivity index (χ1) is 9.09. The summed E-state index contributed by atoms with van der Waals surface area (Å²) in [5.74, 6) is 1.63. The number of para-hydroxylation sites is 2. The fraction of sp³-hybridized carbons (Fsp3) is 0.533. The number of hydrogen-bond acceptors (Lipinski definition) is 3. The van der Waals surface area contributed by atoms with Crippen molar-refractivity contribution in [2.75, 3.05) is 13.1 Å². The van der Waals surface area contributed by atoms with Crippen LogP contribution in [-0.4, -0.2) is 28.7 Å². The lowest BCUT2D eigenvalue weighted by Gasteiger charge is -2.15. The van der Waals surface area contributed by atoms with Crippen LogP contribution in [0.25, 0.3) is 11.0 Å². The summed E-state index contributed by atoms with van der Waals surface area (Å²) < 4.78 is 2.17. The largest absolute Gasteiger partial charge is 0.331 e. The van der Waals surface area contributed by atoms with Gasteiger partial charge in [-0.05, 0) is 18.1 Å². The number of hydrogen-bond donors (Lipinski definition) is 2. The molecule has 1 unspecified atom stereocenters. The highest BCUT2D eigenvalue weighted by atomic mass is 15.1. The van der Waals surface area contributed by atoms with Gasteiger partial charge in [0.15, 0.2) is 0 Å². The van der Waals surface area contributed by atoms with Crippen LogP contribution in [0.15, 0.2) is 24.3 Å². The summed E-state index contributed by atoms with van der Waals surface area (Å²) in [6.45, 7) is 6.08. The van der Waals surface area contributed by atoms with Crippen molar-refractivity contribution in [3.63, 3.8) is 0 Å². The molecular formula is C15H24N4. The molecule has 2 rings (SSSR count). The Bertz CT molecular complexity index is 530. The number of fused-ring (bicyclic) bond motifs is 1. The zero-order valence-corrected chi connectivity index (χ0v) is 12.1. The zero-order valence-electron chi connectivity index (χ0n) is 12.1. The van der Waals surface area contributed by atoms with Gasteiger partial charge in [0.2, 0.25) is 0 Å². The molecule has 0 radical (unpaired) electrons. The number of benzene rings is 1. The normalized spacial score (nSPS) is 13.3. The molecule has 0 aliphatic heterocycles. The minimum atomic E-state index is 0.223. The number of rotatable bonds is 6. The number of nitrogens with two attached hydrogens (primary N) is 1. The van der Waals surface area contributed by atoms with E-state index in [-0.39, 0.29) is 6.04 Å². The Morgan fingerprint density at radius 1 is 1.32 bits per heavy atom. The lowest BCUT2D eigenvalue weighted by atomic mass is 10.1. The molecule has 0 fully saturated rings. The standard InChI is InChI=1S/C15H24N4/c1-11(2)12(16)10-17-9-8-15-18-13-6-4-5-7-14(13)19(15)3/h4-7,11-12,17H,8-10,16H2,1-3H3. The third-order valence-corrected chi connectivity index (χ3v) is 3.64. The van der Waals surface area contributed by atoms with Crippen LogP contribution in [0.4, 0.5) is 0 Å². The number of aryl methyl sites for hydroxylation is 1. The van der Waals surface area contributed by atoms with Crippen LogP contribution < -0.4 is 11.1 Å². The monoisotopic (exact) mass is 260 g/mol. The van der Waals surface area contributed by atoms with Gasteiger partial charge in [-0.15, -0.1) is 0 Å². The van der Waals surface area contributed by atoms with E-state index in [1.54, 1.807) is 0 Å². The molecule has 2 aromatic rings. The SMILES string of the molecule is CC(C)C(N)CNCCc1nc2ccccc2n1C. The smallest absolute Gasteiger partial charge is 0.110 e. The zero-order chi connectivity index (χ0) is 13.8. The number of nitrogens with zero attached hydrogens (tertiary/aromatic N) is 2. The summed E-state index contributed by atoms with van der Waals surface area (Å²) in [5, 5.41) is 3.41. The molecule has 0 saturated carbocycles. The van der Waals surface area contributed by atoms with Crippen molar-refractivity contribution in [1.29, 1.82) is 0 Å². The second-order valence-corrected chi connectivity index (χ2v) is 5.44. The van der Waals surface area contributed by atoms with Gasteiger partial charge in [0.1, 0.15) is 5.82 Å². The summed E-state index contributed by atoms with van der Waals surface area (Å²) >= 11 is 0. The molecule has 1 aromatic heterocycles.